The van der Waals surface area contributed by atoms with Crippen LogP contribution in [0.1, 0.15) is 21.0 Å². The standard InChI is InChI=1S/C5H4N2O4.Na.H/c8-4(9)2-1-3(5(10)11)7-6-2;;/h1H,(H,6,7)(H,8,9)(H,10,11);;. The molecule has 0 atom stereocenters. The SMILES string of the molecule is O=C(O)c1cc(C(=O)O)[nH]n1.[NaH]. The van der Waals surface area contributed by atoms with Crippen LogP contribution in [0, 0.1) is 0 Å². The molecule has 1 rings (SSSR count). The summed E-state index contributed by atoms with van der Waals surface area (Å²) >= 11 is 0. The molecule has 0 amide bonds. The third-order valence-electron chi connectivity index (χ3n) is 1.03. The molecule has 0 aliphatic heterocycles. The summed E-state index contributed by atoms with van der Waals surface area (Å²) in [6.45, 7) is 0. The van der Waals surface area contributed by atoms with E-state index in [1.807, 2.05) is 0 Å². The molecule has 7 heteroatoms. The van der Waals surface area contributed by atoms with Crippen molar-refractivity contribution in [2.24, 2.45) is 0 Å². The Labute approximate surface area is 88.9 Å². The number of aromatic nitrogens is 2. The third-order valence-corrected chi connectivity index (χ3v) is 1.03. The Morgan fingerprint density at radius 3 is 2.17 bits per heavy atom. The Hall–Kier alpha value is -0.850. The number of aromatic carboxylic acids is 2. The molecule has 0 radical (unpaired) electrons. The summed E-state index contributed by atoms with van der Waals surface area (Å²) in [5.41, 5.74) is -0.537. The molecule has 0 unspecified atom stereocenters. The van der Waals surface area contributed by atoms with Gasteiger partial charge in [0, 0.05) is 6.07 Å². The first kappa shape index (κ1) is 11.2. The van der Waals surface area contributed by atoms with E-state index in [2.05, 4.69) is 10.2 Å². The van der Waals surface area contributed by atoms with Crippen molar-refractivity contribution in [3.8, 4) is 0 Å². The Balaban J connectivity index is 0.00000121. The van der Waals surface area contributed by atoms with Crippen LogP contribution in [0.3, 0.4) is 0 Å². The summed E-state index contributed by atoms with van der Waals surface area (Å²) in [5.74, 6) is -2.49. The average molecular weight is 180 g/mol. The van der Waals surface area contributed by atoms with Crippen LogP contribution in [-0.2, 0) is 0 Å². The molecule has 0 aromatic carbocycles. The van der Waals surface area contributed by atoms with Crippen LogP contribution in [-0.4, -0.2) is 61.9 Å². The number of carboxylic acids is 2. The maximum absolute atomic E-state index is 10.2. The zero-order valence-electron chi connectivity index (χ0n) is 5.24. The van der Waals surface area contributed by atoms with E-state index in [-0.39, 0.29) is 40.9 Å². The molecule has 0 aliphatic carbocycles. The Morgan fingerprint density at radius 1 is 1.33 bits per heavy atom. The van der Waals surface area contributed by atoms with E-state index >= 15 is 0 Å². The fourth-order valence-electron chi connectivity index (χ4n) is 0.541. The van der Waals surface area contributed by atoms with E-state index < -0.39 is 11.9 Å². The molecule has 12 heavy (non-hydrogen) atoms. The van der Waals surface area contributed by atoms with E-state index in [9.17, 15) is 9.59 Å². The summed E-state index contributed by atoms with van der Waals surface area (Å²) in [4.78, 5) is 20.3. The van der Waals surface area contributed by atoms with E-state index in [0.717, 1.165) is 6.07 Å². The van der Waals surface area contributed by atoms with Crippen molar-refractivity contribution in [3.05, 3.63) is 17.5 Å². The molecule has 1 aromatic rings. The molecule has 1 heterocycles. The van der Waals surface area contributed by atoms with Gasteiger partial charge in [-0.15, -0.1) is 0 Å². The quantitative estimate of drug-likeness (QED) is 0.514. The Bertz CT molecular complexity index is 280. The first-order valence-corrected chi connectivity index (χ1v) is 2.63. The molecule has 0 saturated heterocycles. The summed E-state index contributed by atoms with van der Waals surface area (Å²) in [6.07, 6.45) is 0. The van der Waals surface area contributed by atoms with Crippen molar-refractivity contribution < 1.29 is 19.8 Å². The van der Waals surface area contributed by atoms with Gasteiger partial charge < -0.3 is 10.2 Å². The van der Waals surface area contributed by atoms with Crippen LogP contribution < -0.4 is 0 Å². The summed E-state index contributed by atoms with van der Waals surface area (Å²) < 4.78 is 0. The predicted molar refractivity (Wildman–Crippen MR) is 39.7 cm³/mol. The van der Waals surface area contributed by atoms with Crippen LogP contribution in [0.4, 0.5) is 0 Å². The van der Waals surface area contributed by atoms with Gasteiger partial charge in [0.05, 0.1) is 0 Å². The van der Waals surface area contributed by atoms with Crippen molar-refractivity contribution in [2.45, 2.75) is 0 Å². The normalized spacial score (nSPS) is 8.67. The van der Waals surface area contributed by atoms with Crippen molar-refractivity contribution in [1.29, 1.82) is 0 Å². The topological polar surface area (TPSA) is 103 Å². The van der Waals surface area contributed by atoms with E-state index in [1.54, 1.807) is 0 Å². The van der Waals surface area contributed by atoms with Crippen molar-refractivity contribution >= 4 is 41.5 Å². The average Bonchev–Trinajstić information content (AvgIpc) is 2.33. The van der Waals surface area contributed by atoms with Gasteiger partial charge in [0.1, 0.15) is 5.69 Å². The van der Waals surface area contributed by atoms with Crippen molar-refractivity contribution in [2.75, 3.05) is 0 Å². The first-order valence-electron chi connectivity index (χ1n) is 2.63. The van der Waals surface area contributed by atoms with Crippen LogP contribution in [0.25, 0.3) is 0 Å². The zero-order chi connectivity index (χ0) is 8.43. The number of nitrogens with one attached hydrogen (secondary N) is 1. The second-order valence-corrected chi connectivity index (χ2v) is 1.78. The van der Waals surface area contributed by atoms with Gasteiger partial charge in [-0.3, -0.25) is 5.10 Å². The molecule has 3 N–H and O–H groups in total. The molecule has 60 valence electrons. The summed E-state index contributed by atoms with van der Waals surface area (Å²) in [7, 11) is 0. The van der Waals surface area contributed by atoms with Crippen LogP contribution in [0.2, 0.25) is 0 Å². The summed E-state index contributed by atoms with van der Waals surface area (Å²) in [5, 5.41) is 21.9. The molecule has 1 aromatic heterocycles. The molecule has 0 fully saturated rings. The number of carbonyl (C=O) groups is 2. The van der Waals surface area contributed by atoms with E-state index in [1.165, 1.54) is 0 Å². The van der Waals surface area contributed by atoms with Crippen LogP contribution in [0.5, 0.6) is 0 Å². The monoisotopic (exact) mass is 180 g/mol. The Morgan fingerprint density at radius 2 is 1.92 bits per heavy atom. The number of H-pyrrole nitrogens is 1. The second kappa shape index (κ2) is 4.24. The number of hydrogen-bond acceptors (Lipinski definition) is 3. The van der Waals surface area contributed by atoms with Gasteiger partial charge in [0.2, 0.25) is 0 Å². The molecule has 0 spiro atoms. The summed E-state index contributed by atoms with van der Waals surface area (Å²) in [6, 6.07) is 0.949. The van der Waals surface area contributed by atoms with Gasteiger partial charge in [0.25, 0.3) is 0 Å². The zero-order valence-corrected chi connectivity index (χ0v) is 5.24. The van der Waals surface area contributed by atoms with Gasteiger partial charge in [-0.25, -0.2) is 9.59 Å². The molecule has 6 nitrogen and oxygen atoms in total. The molecule has 0 aliphatic rings. The number of carboxylic acid groups (broad SMARTS) is 2. The van der Waals surface area contributed by atoms with Crippen molar-refractivity contribution in [1.82, 2.24) is 10.2 Å². The van der Waals surface area contributed by atoms with Gasteiger partial charge >= 0.3 is 41.5 Å². The molecular weight excluding hydrogens is 175 g/mol. The fourth-order valence-corrected chi connectivity index (χ4v) is 0.541. The van der Waals surface area contributed by atoms with E-state index in [4.69, 9.17) is 10.2 Å². The number of aromatic amines is 1. The minimum absolute atomic E-state index is 0. The van der Waals surface area contributed by atoms with Crippen LogP contribution in [0.15, 0.2) is 6.07 Å². The maximum atomic E-state index is 10.2. The predicted octanol–water partition coefficient (Wildman–Crippen LogP) is -0.842. The molecular formula is C5H5N2NaO4. The van der Waals surface area contributed by atoms with E-state index in [0.29, 0.717) is 0 Å². The van der Waals surface area contributed by atoms with Gasteiger partial charge in [-0.1, -0.05) is 0 Å². The third kappa shape index (κ3) is 2.33. The molecule has 0 saturated carbocycles. The van der Waals surface area contributed by atoms with Gasteiger partial charge in [0.15, 0.2) is 5.69 Å². The number of hydrogen-bond donors (Lipinski definition) is 3. The molecule has 0 bridgehead atoms. The second-order valence-electron chi connectivity index (χ2n) is 1.78. The minimum atomic E-state index is -1.26. The van der Waals surface area contributed by atoms with Crippen molar-refractivity contribution in [3.63, 3.8) is 0 Å². The van der Waals surface area contributed by atoms with Crippen LogP contribution >= 0.6 is 0 Å². The number of nitrogens with zero attached hydrogens (tertiary/aromatic N) is 1. The number of rotatable bonds is 2. The fraction of sp³-hybridized carbons (Fsp3) is 0. The van der Waals surface area contributed by atoms with Gasteiger partial charge in [-0.05, 0) is 0 Å². The van der Waals surface area contributed by atoms with Gasteiger partial charge in [-0.2, -0.15) is 5.10 Å². The Kier molecular flexibility index (Phi) is 3.94. The first-order chi connectivity index (χ1) is 5.11.